The van der Waals surface area contributed by atoms with E-state index in [4.69, 9.17) is 6.42 Å². The highest BCUT2D eigenvalue weighted by atomic mass is 19.1. The number of nitrogens with one attached hydrogen (secondary N) is 1. The number of hydrogen-bond acceptors (Lipinski definition) is 2. The van der Waals surface area contributed by atoms with Gasteiger partial charge in [-0.25, -0.2) is 9.37 Å². The Morgan fingerprint density at radius 2 is 2.50 bits per heavy atom. The van der Waals surface area contributed by atoms with Gasteiger partial charge in [-0.05, 0) is 12.1 Å². The Morgan fingerprint density at radius 3 is 3.17 bits per heavy atom. The van der Waals surface area contributed by atoms with Gasteiger partial charge in [-0.1, -0.05) is 0 Å². The minimum absolute atomic E-state index is 0.257. The first kappa shape index (κ1) is 8.54. The molecule has 0 spiro atoms. The Hall–Kier alpha value is -1.56. The molecule has 0 saturated heterocycles. The van der Waals surface area contributed by atoms with Crippen molar-refractivity contribution in [2.24, 2.45) is 0 Å². The molecule has 62 valence electrons. The summed E-state index contributed by atoms with van der Waals surface area (Å²) in [7, 11) is 0. The zero-order valence-corrected chi connectivity index (χ0v) is 6.55. The predicted molar refractivity (Wildman–Crippen MR) is 46.1 cm³/mol. The first-order chi connectivity index (χ1) is 5.84. The fourth-order valence-corrected chi connectivity index (χ4v) is 0.769. The smallest absolute Gasteiger partial charge is 0.165 e. The lowest BCUT2D eigenvalue weighted by molar-refractivity contribution is 0.624. The van der Waals surface area contributed by atoms with Gasteiger partial charge >= 0.3 is 0 Å². The zero-order valence-electron chi connectivity index (χ0n) is 6.55. The Labute approximate surface area is 70.8 Å². The molecule has 1 aromatic rings. The van der Waals surface area contributed by atoms with Crippen LogP contribution in [0.2, 0.25) is 0 Å². The molecule has 1 aromatic heterocycles. The maximum Gasteiger partial charge on any atom is 0.165 e. The third kappa shape index (κ3) is 2.24. The van der Waals surface area contributed by atoms with Crippen LogP contribution in [0.25, 0.3) is 0 Å². The van der Waals surface area contributed by atoms with Crippen LogP contribution in [0.15, 0.2) is 18.3 Å². The molecule has 0 amide bonds. The summed E-state index contributed by atoms with van der Waals surface area (Å²) in [5, 5.41) is 2.79. The van der Waals surface area contributed by atoms with E-state index < -0.39 is 0 Å². The first-order valence-corrected chi connectivity index (χ1v) is 3.62. The molecule has 0 saturated carbocycles. The molecule has 1 heterocycles. The summed E-state index contributed by atoms with van der Waals surface area (Å²) in [6, 6.07) is 2.90. The highest BCUT2D eigenvalue weighted by Gasteiger charge is 1.98. The van der Waals surface area contributed by atoms with Gasteiger partial charge in [-0.2, -0.15) is 0 Å². The van der Waals surface area contributed by atoms with Crippen molar-refractivity contribution in [1.29, 1.82) is 0 Å². The molecular formula is C9H9FN2. The molecule has 0 aliphatic heterocycles. The van der Waals surface area contributed by atoms with Crippen molar-refractivity contribution in [3.8, 4) is 12.3 Å². The normalized spacial score (nSPS) is 9.00. The predicted octanol–water partition coefficient (Wildman–Crippen LogP) is 1.66. The molecule has 0 bridgehead atoms. The molecular weight excluding hydrogens is 155 g/mol. The number of anilines is 1. The van der Waals surface area contributed by atoms with E-state index >= 15 is 0 Å². The summed E-state index contributed by atoms with van der Waals surface area (Å²) >= 11 is 0. The number of halogens is 1. The number of pyridine rings is 1. The maximum absolute atomic E-state index is 12.8. The summed E-state index contributed by atoms with van der Waals surface area (Å²) in [6.07, 6.45) is 7.12. The van der Waals surface area contributed by atoms with Gasteiger partial charge in [0.05, 0.1) is 0 Å². The average molecular weight is 164 g/mol. The second-order valence-electron chi connectivity index (χ2n) is 2.21. The van der Waals surface area contributed by atoms with E-state index in [1.54, 1.807) is 6.07 Å². The van der Waals surface area contributed by atoms with Crippen molar-refractivity contribution in [2.45, 2.75) is 6.42 Å². The van der Waals surface area contributed by atoms with Gasteiger partial charge in [-0.3, -0.25) is 0 Å². The van der Waals surface area contributed by atoms with E-state index in [1.165, 1.54) is 12.3 Å². The molecule has 12 heavy (non-hydrogen) atoms. The van der Waals surface area contributed by atoms with Crippen LogP contribution in [-0.2, 0) is 0 Å². The van der Waals surface area contributed by atoms with Crippen molar-refractivity contribution in [3.05, 3.63) is 24.1 Å². The summed E-state index contributed by atoms with van der Waals surface area (Å²) in [5.41, 5.74) is 0. The van der Waals surface area contributed by atoms with E-state index in [2.05, 4.69) is 16.2 Å². The number of aromatic nitrogens is 1. The number of hydrogen-bond donors (Lipinski definition) is 1. The first-order valence-electron chi connectivity index (χ1n) is 3.62. The van der Waals surface area contributed by atoms with Crippen LogP contribution in [0.3, 0.4) is 0 Å². The lowest BCUT2D eigenvalue weighted by Gasteiger charge is -2.02. The molecule has 0 fully saturated rings. The quantitative estimate of drug-likeness (QED) is 0.542. The van der Waals surface area contributed by atoms with Gasteiger partial charge in [0.25, 0.3) is 0 Å². The Balaban J connectivity index is 2.53. The zero-order chi connectivity index (χ0) is 8.81. The van der Waals surface area contributed by atoms with Crippen LogP contribution in [0, 0.1) is 18.2 Å². The van der Waals surface area contributed by atoms with Gasteiger partial charge in [0, 0.05) is 19.2 Å². The fraction of sp³-hybridized carbons (Fsp3) is 0.222. The van der Waals surface area contributed by atoms with Crippen LogP contribution in [-0.4, -0.2) is 11.5 Å². The highest BCUT2D eigenvalue weighted by Crippen LogP contribution is 2.07. The van der Waals surface area contributed by atoms with Crippen LogP contribution in [0.1, 0.15) is 6.42 Å². The standard InChI is InChI=1S/C9H9FN2/c1-2-3-6-11-9-8(10)5-4-7-12-9/h1,4-5,7H,3,6H2,(H,11,12). The molecule has 2 nitrogen and oxygen atoms in total. The minimum Gasteiger partial charge on any atom is -0.367 e. The molecule has 0 radical (unpaired) electrons. The summed E-state index contributed by atoms with van der Waals surface area (Å²) in [6.45, 7) is 0.546. The second-order valence-corrected chi connectivity index (χ2v) is 2.21. The van der Waals surface area contributed by atoms with Crippen LogP contribution < -0.4 is 5.32 Å². The van der Waals surface area contributed by atoms with E-state index in [0.29, 0.717) is 13.0 Å². The third-order valence-electron chi connectivity index (χ3n) is 1.32. The third-order valence-corrected chi connectivity index (χ3v) is 1.32. The molecule has 0 unspecified atom stereocenters. The molecule has 0 aliphatic rings. The monoisotopic (exact) mass is 164 g/mol. The second kappa shape index (κ2) is 4.35. The lowest BCUT2D eigenvalue weighted by atomic mass is 10.4. The van der Waals surface area contributed by atoms with Crippen molar-refractivity contribution >= 4 is 5.82 Å². The van der Waals surface area contributed by atoms with E-state index in [0.717, 1.165) is 0 Å². The Bertz CT molecular complexity index is 291. The van der Waals surface area contributed by atoms with Gasteiger partial charge in [0.2, 0.25) is 0 Å². The number of nitrogens with zero attached hydrogens (tertiary/aromatic N) is 1. The molecule has 1 rings (SSSR count). The van der Waals surface area contributed by atoms with E-state index in [9.17, 15) is 4.39 Å². The summed E-state index contributed by atoms with van der Waals surface area (Å²) in [4.78, 5) is 3.80. The molecule has 0 atom stereocenters. The van der Waals surface area contributed by atoms with E-state index in [1.807, 2.05) is 0 Å². The van der Waals surface area contributed by atoms with Crippen molar-refractivity contribution < 1.29 is 4.39 Å². The topological polar surface area (TPSA) is 24.9 Å². The summed E-state index contributed by atoms with van der Waals surface area (Å²) < 4.78 is 12.8. The molecule has 0 aromatic carbocycles. The van der Waals surface area contributed by atoms with Crippen LogP contribution in [0.5, 0.6) is 0 Å². The van der Waals surface area contributed by atoms with Gasteiger partial charge in [0.15, 0.2) is 11.6 Å². The van der Waals surface area contributed by atoms with Crippen molar-refractivity contribution in [3.63, 3.8) is 0 Å². The number of terminal acetylenes is 1. The Morgan fingerprint density at radius 1 is 1.67 bits per heavy atom. The van der Waals surface area contributed by atoms with E-state index in [-0.39, 0.29) is 11.6 Å². The molecule has 1 N–H and O–H groups in total. The van der Waals surface area contributed by atoms with Crippen molar-refractivity contribution in [2.75, 3.05) is 11.9 Å². The highest BCUT2D eigenvalue weighted by molar-refractivity contribution is 5.35. The number of rotatable bonds is 3. The van der Waals surface area contributed by atoms with Crippen molar-refractivity contribution in [1.82, 2.24) is 4.98 Å². The van der Waals surface area contributed by atoms with Crippen LogP contribution in [0.4, 0.5) is 10.2 Å². The largest absolute Gasteiger partial charge is 0.367 e. The average Bonchev–Trinajstić information content (AvgIpc) is 2.09. The van der Waals surface area contributed by atoms with Gasteiger partial charge in [-0.15, -0.1) is 12.3 Å². The summed E-state index contributed by atoms with van der Waals surface area (Å²) in [5.74, 6) is 2.35. The minimum atomic E-state index is -0.352. The molecule has 3 heteroatoms. The fourth-order valence-electron chi connectivity index (χ4n) is 0.769. The lowest BCUT2D eigenvalue weighted by Crippen LogP contribution is -2.03. The molecule has 0 aliphatic carbocycles. The Kier molecular flexibility index (Phi) is 3.09. The van der Waals surface area contributed by atoms with Gasteiger partial charge in [0.1, 0.15) is 0 Å². The van der Waals surface area contributed by atoms with Gasteiger partial charge < -0.3 is 5.32 Å². The maximum atomic E-state index is 12.8. The van der Waals surface area contributed by atoms with Crippen LogP contribution >= 0.6 is 0 Å². The SMILES string of the molecule is C#CCCNc1ncccc1F.